The van der Waals surface area contributed by atoms with Crippen LogP contribution >= 0.6 is 0 Å². The van der Waals surface area contributed by atoms with Crippen molar-refractivity contribution in [2.45, 2.75) is 25.3 Å². The summed E-state index contributed by atoms with van der Waals surface area (Å²) in [5, 5.41) is 24.4. The molecule has 1 aromatic carbocycles. The van der Waals surface area contributed by atoms with Crippen molar-refractivity contribution >= 4 is 22.5 Å². The van der Waals surface area contributed by atoms with E-state index in [0.29, 0.717) is 17.3 Å². The van der Waals surface area contributed by atoms with Gasteiger partial charge in [-0.3, -0.25) is 9.48 Å². The van der Waals surface area contributed by atoms with E-state index in [-0.39, 0.29) is 12.2 Å². The maximum absolute atomic E-state index is 12.9. The Labute approximate surface area is 185 Å². The van der Waals surface area contributed by atoms with Crippen molar-refractivity contribution in [2.75, 3.05) is 18.4 Å². The maximum Gasteiger partial charge on any atom is 0.169 e. The second kappa shape index (κ2) is 8.80. The van der Waals surface area contributed by atoms with Crippen molar-refractivity contribution in [3.8, 4) is 11.3 Å². The summed E-state index contributed by atoms with van der Waals surface area (Å²) in [4.78, 5) is 17.3. The SMILES string of the molecule is Cn1cc(-c2ccc3nnc(CC(=O)c4ccnc(NC5CCNCC5)c4)cc3c2)nn1. The summed E-state index contributed by atoms with van der Waals surface area (Å²) in [7, 11) is 1.83. The average molecular weight is 429 g/mol. The zero-order chi connectivity index (χ0) is 21.9. The van der Waals surface area contributed by atoms with E-state index < -0.39 is 0 Å². The molecule has 9 nitrogen and oxygen atoms in total. The Bertz CT molecular complexity index is 1260. The molecule has 4 aromatic rings. The van der Waals surface area contributed by atoms with Crippen LogP contribution < -0.4 is 10.6 Å². The van der Waals surface area contributed by atoms with Crippen LogP contribution in [0, 0.1) is 0 Å². The minimum atomic E-state index is -0.0144. The first-order valence-corrected chi connectivity index (χ1v) is 10.7. The number of carbonyl (C=O) groups is 1. The zero-order valence-electron chi connectivity index (χ0n) is 17.8. The largest absolute Gasteiger partial charge is 0.367 e. The van der Waals surface area contributed by atoms with Gasteiger partial charge in [0, 0.05) is 35.8 Å². The summed E-state index contributed by atoms with van der Waals surface area (Å²) in [6, 6.07) is 11.7. The van der Waals surface area contributed by atoms with Crippen LogP contribution in [-0.2, 0) is 13.5 Å². The number of nitrogens with one attached hydrogen (secondary N) is 2. The molecule has 2 N–H and O–H groups in total. The number of aromatic nitrogens is 6. The topological polar surface area (TPSA) is 111 Å². The van der Waals surface area contributed by atoms with E-state index in [9.17, 15) is 4.79 Å². The van der Waals surface area contributed by atoms with E-state index in [1.54, 1.807) is 16.9 Å². The van der Waals surface area contributed by atoms with Crippen LogP contribution in [0.2, 0.25) is 0 Å². The third kappa shape index (κ3) is 4.47. The molecule has 5 rings (SSSR count). The number of anilines is 1. The number of hydrogen-bond acceptors (Lipinski definition) is 8. The summed E-state index contributed by atoms with van der Waals surface area (Å²) >= 11 is 0. The molecule has 4 heterocycles. The summed E-state index contributed by atoms with van der Waals surface area (Å²) in [6.07, 6.45) is 5.80. The van der Waals surface area contributed by atoms with Crippen LogP contribution in [-0.4, -0.2) is 55.1 Å². The molecule has 0 unspecified atom stereocenters. The van der Waals surface area contributed by atoms with E-state index >= 15 is 0 Å². The first kappa shape index (κ1) is 20.2. The van der Waals surface area contributed by atoms with Gasteiger partial charge < -0.3 is 10.6 Å². The average Bonchev–Trinajstić information content (AvgIpc) is 3.26. The molecule has 0 bridgehead atoms. The number of nitrogens with zero attached hydrogens (tertiary/aromatic N) is 6. The summed E-state index contributed by atoms with van der Waals surface area (Å²) < 4.78 is 1.66. The molecule has 1 saturated heterocycles. The van der Waals surface area contributed by atoms with E-state index in [4.69, 9.17) is 0 Å². The summed E-state index contributed by atoms with van der Waals surface area (Å²) in [5.41, 5.74) is 3.74. The highest BCUT2D eigenvalue weighted by Gasteiger charge is 2.15. The molecule has 1 fully saturated rings. The molecule has 0 aliphatic carbocycles. The number of piperidine rings is 1. The lowest BCUT2D eigenvalue weighted by atomic mass is 10.0. The molecule has 0 atom stereocenters. The predicted molar refractivity (Wildman–Crippen MR) is 121 cm³/mol. The number of carbonyl (C=O) groups excluding carboxylic acids is 1. The number of Topliss-reactive ketones (excluding diaryl/α,β-unsaturated/α-hetero) is 1. The highest BCUT2D eigenvalue weighted by molar-refractivity contribution is 5.98. The molecule has 1 aliphatic heterocycles. The minimum absolute atomic E-state index is 0.0144. The normalized spacial score (nSPS) is 14.5. The molecule has 0 amide bonds. The number of benzene rings is 1. The van der Waals surface area contributed by atoms with E-state index in [1.165, 1.54) is 0 Å². The number of ketones is 1. The minimum Gasteiger partial charge on any atom is -0.367 e. The third-order valence-electron chi connectivity index (χ3n) is 5.65. The lowest BCUT2D eigenvalue weighted by Gasteiger charge is -2.24. The van der Waals surface area contributed by atoms with E-state index in [2.05, 4.69) is 36.1 Å². The first-order chi connectivity index (χ1) is 15.6. The van der Waals surface area contributed by atoms with Gasteiger partial charge in [0.2, 0.25) is 0 Å². The molecular formula is C23H24N8O. The van der Waals surface area contributed by atoms with Gasteiger partial charge >= 0.3 is 0 Å². The summed E-state index contributed by atoms with van der Waals surface area (Å²) in [5.74, 6) is 0.723. The molecule has 162 valence electrons. The highest BCUT2D eigenvalue weighted by Crippen LogP contribution is 2.22. The smallest absolute Gasteiger partial charge is 0.169 e. The standard InChI is InChI=1S/C23H24N8O/c1-31-14-21(29-30-31)15-2-3-20-17(10-15)11-19(27-28-20)13-22(32)16-4-9-25-23(12-16)26-18-5-7-24-8-6-18/h2-4,9-12,14,18,24H,5-8,13H2,1H3,(H,25,26). The Balaban J connectivity index is 1.33. The number of fused-ring (bicyclic) bond motifs is 1. The highest BCUT2D eigenvalue weighted by atomic mass is 16.1. The lowest BCUT2D eigenvalue weighted by Crippen LogP contribution is -2.35. The van der Waals surface area contributed by atoms with Crippen LogP contribution in [0.1, 0.15) is 28.9 Å². The fourth-order valence-corrected chi connectivity index (χ4v) is 3.94. The Morgan fingerprint density at radius 1 is 1.12 bits per heavy atom. The first-order valence-electron chi connectivity index (χ1n) is 10.7. The van der Waals surface area contributed by atoms with Crippen molar-refractivity contribution in [1.29, 1.82) is 0 Å². The second-order valence-electron chi connectivity index (χ2n) is 8.09. The van der Waals surface area contributed by atoms with Gasteiger partial charge in [0.05, 0.1) is 23.8 Å². The number of pyridine rings is 1. The molecule has 3 aromatic heterocycles. The second-order valence-corrected chi connectivity index (χ2v) is 8.09. The van der Waals surface area contributed by atoms with Gasteiger partial charge in [0.15, 0.2) is 5.78 Å². The van der Waals surface area contributed by atoms with Crippen molar-refractivity contribution in [3.05, 3.63) is 60.0 Å². The van der Waals surface area contributed by atoms with Crippen LogP contribution in [0.25, 0.3) is 22.2 Å². The number of rotatable bonds is 6. The Kier molecular flexibility index (Phi) is 5.55. The van der Waals surface area contributed by atoms with Gasteiger partial charge in [-0.05, 0) is 56.3 Å². The van der Waals surface area contributed by atoms with E-state index in [1.807, 2.05) is 43.6 Å². The summed E-state index contributed by atoms with van der Waals surface area (Å²) in [6.45, 7) is 1.99. The Hall–Kier alpha value is -3.72. The van der Waals surface area contributed by atoms with Gasteiger partial charge in [-0.2, -0.15) is 10.2 Å². The lowest BCUT2D eigenvalue weighted by molar-refractivity contribution is 0.0991. The van der Waals surface area contributed by atoms with Crippen molar-refractivity contribution in [3.63, 3.8) is 0 Å². The van der Waals surface area contributed by atoms with Crippen LogP contribution in [0.15, 0.2) is 48.8 Å². The van der Waals surface area contributed by atoms with Gasteiger partial charge in [0.25, 0.3) is 0 Å². The molecule has 9 heteroatoms. The number of hydrogen-bond donors (Lipinski definition) is 2. The van der Waals surface area contributed by atoms with Crippen molar-refractivity contribution in [2.24, 2.45) is 7.05 Å². The molecule has 0 spiro atoms. The van der Waals surface area contributed by atoms with Gasteiger partial charge in [0.1, 0.15) is 11.5 Å². The van der Waals surface area contributed by atoms with Crippen molar-refractivity contribution < 1.29 is 4.79 Å². The Morgan fingerprint density at radius 2 is 2.00 bits per heavy atom. The third-order valence-corrected chi connectivity index (χ3v) is 5.65. The van der Waals surface area contributed by atoms with Crippen molar-refractivity contribution in [1.82, 2.24) is 35.5 Å². The zero-order valence-corrected chi connectivity index (χ0v) is 17.8. The quantitative estimate of drug-likeness (QED) is 0.451. The van der Waals surface area contributed by atoms with Crippen LogP contribution in [0.3, 0.4) is 0 Å². The Morgan fingerprint density at radius 3 is 2.81 bits per heavy atom. The predicted octanol–water partition coefficient (Wildman–Crippen LogP) is 2.41. The molecular weight excluding hydrogens is 404 g/mol. The molecule has 32 heavy (non-hydrogen) atoms. The van der Waals surface area contributed by atoms with Crippen LogP contribution in [0.5, 0.6) is 0 Å². The fourth-order valence-electron chi connectivity index (χ4n) is 3.94. The molecule has 0 saturated carbocycles. The fraction of sp³-hybridized carbons (Fsp3) is 0.304. The van der Waals surface area contributed by atoms with E-state index in [0.717, 1.165) is 53.9 Å². The molecule has 1 aliphatic rings. The monoisotopic (exact) mass is 428 g/mol. The van der Waals surface area contributed by atoms with Gasteiger partial charge in [-0.25, -0.2) is 4.98 Å². The number of aryl methyl sites for hydroxylation is 1. The van der Waals surface area contributed by atoms with Gasteiger partial charge in [-0.1, -0.05) is 11.3 Å². The maximum atomic E-state index is 12.9. The van der Waals surface area contributed by atoms with Gasteiger partial charge in [-0.15, -0.1) is 5.10 Å². The van der Waals surface area contributed by atoms with Crippen LogP contribution in [0.4, 0.5) is 5.82 Å². The molecule has 0 radical (unpaired) electrons.